The molecule has 1 aliphatic rings. The van der Waals surface area contributed by atoms with E-state index >= 15 is 0 Å². The van der Waals surface area contributed by atoms with Crippen molar-refractivity contribution >= 4 is 23.2 Å². The molecule has 3 aromatic rings. The van der Waals surface area contributed by atoms with E-state index in [2.05, 4.69) is 50.4 Å². The quantitative estimate of drug-likeness (QED) is 0.654. The number of benzene rings is 2. The number of piperazine rings is 1. The zero-order valence-electron chi connectivity index (χ0n) is 16.7. The second-order valence-electron chi connectivity index (χ2n) is 7.38. The highest BCUT2D eigenvalue weighted by molar-refractivity contribution is 6.30. The molecule has 0 bridgehead atoms. The summed E-state index contributed by atoms with van der Waals surface area (Å²) in [6.45, 7) is 4.25. The Morgan fingerprint density at radius 1 is 1.00 bits per heavy atom. The average molecular weight is 421 g/mol. The van der Waals surface area contributed by atoms with Gasteiger partial charge in [-0.15, -0.1) is 0 Å². The summed E-state index contributed by atoms with van der Waals surface area (Å²) in [6, 6.07) is 21.6. The number of hydrogen-bond donors (Lipinski definition) is 1. The van der Waals surface area contributed by atoms with E-state index < -0.39 is 0 Å². The number of nitrogens with one attached hydrogen (secondary N) is 1. The van der Waals surface area contributed by atoms with E-state index in [-0.39, 0.29) is 11.9 Å². The van der Waals surface area contributed by atoms with Crippen molar-refractivity contribution in [2.24, 2.45) is 0 Å². The van der Waals surface area contributed by atoms with Crippen LogP contribution in [0.1, 0.15) is 22.0 Å². The van der Waals surface area contributed by atoms with Gasteiger partial charge in [0.25, 0.3) is 5.91 Å². The Hall–Kier alpha value is -2.89. The molecule has 2 heterocycles. The van der Waals surface area contributed by atoms with Crippen molar-refractivity contribution in [3.63, 3.8) is 0 Å². The number of rotatable bonds is 6. The Labute approximate surface area is 182 Å². The van der Waals surface area contributed by atoms with Gasteiger partial charge in [0.05, 0.1) is 6.04 Å². The normalized spacial score (nSPS) is 15.6. The molecule has 1 atom stereocenters. The molecule has 1 unspecified atom stereocenters. The van der Waals surface area contributed by atoms with Gasteiger partial charge in [0.1, 0.15) is 0 Å². The van der Waals surface area contributed by atoms with Crippen LogP contribution >= 0.6 is 11.6 Å². The van der Waals surface area contributed by atoms with Gasteiger partial charge in [-0.25, -0.2) is 0 Å². The molecule has 1 aliphatic heterocycles. The Balaban J connectivity index is 1.44. The van der Waals surface area contributed by atoms with Crippen LogP contribution in [0.4, 0.5) is 5.69 Å². The van der Waals surface area contributed by atoms with E-state index in [0.29, 0.717) is 17.1 Å². The van der Waals surface area contributed by atoms with E-state index in [4.69, 9.17) is 11.6 Å². The number of nitrogens with zero attached hydrogens (tertiary/aromatic N) is 3. The highest BCUT2D eigenvalue weighted by Crippen LogP contribution is 2.23. The van der Waals surface area contributed by atoms with Crippen LogP contribution in [0.15, 0.2) is 79.1 Å². The number of aromatic nitrogens is 1. The van der Waals surface area contributed by atoms with Gasteiger partial charge >= 0.3 is 0 Å². The van der Waals surface area contributed by atoms with Crippen molar-refractivity contribution in [2.75, 3.05) is 37.6 Å². The standard InChI is InChI=1S/C24H25ClN4O/c25-21-8-4-6-19(16-21)24(30)27-18-23(20-7-5-11-26-17-20)29-14-12-28(13-15-29)22-9-2-1-3-10-22/h1-11,16-17,23H,12-15,18H2,(H,27,30). The van der Waals surface area contributed by atoms with Crippen molar-refractivity contribution in [3.05, 3.63) is 95.3 Å². The summed E-state index contributed by atoms with van der Waals surface area (Å²) >= 11 is 6.03. The van der Waals surface area contributed by atoms with Crippen molar-refractivity contribution in [3.8, 4) is 0 Å². The maximum atomic E-state index is 12.6. The summed E-state index contributed by atoms with van der Waals surface area (Å²) in [6.07, 6.45) is 3.66. The smallest absolute Gasteiger partial charge is 0.251 e. The van der Waals surface area contributed by atoms with Gasteiger partial charge in [-0.2, -0.15) is 0 Å². The molecule has 0 aliphatic carbocycles. The number of carbonyl (C=O) groups excluding carboxylic acids is 1. The van der Waals surface area contributed by atoms with Crippen LogP contribution in [0.2, 0.25) is 5.02 Å². The lowest BCUT2D eigenvalue weighted by Gasteiger charge is -2.40. The van der Waals surface area contributed by atoms with E-state index in [1.165, 1.54) is 5.69 Å². The van der Waals surface area contributed by atoms with Gasteiger partial charge in [0.15, 0.2) is 0 Å². The molecular weight excluding hydrogens is 396 g/mol. The third-order valence-corrected chi connectivity index (χ3v) is 5.72. The van der Waals surface area contributed by atoms with Crippen LogP contribution in [-0.4, -0.2) is 48.5 Å². The first-order valence-electron chi connectivity index (χ1n) is 10.2. The summed E-state index contributed by atoms with van der Waals surface area (Å²) in [7, 11) is 0. The van der Waals surface area contributed by atoms with Crippen LogP contribution < -0.4 is 10.2 Å². The summed E-state index contributed by atoms with van der Waals surface area (Å²) in [5.41, 5.74) is 2.93. The number of anilines is 1. The third-order valence-electron chi connectivity index (χ3n) is 5.49. The second-order valence-corrected chi connectivity index (χ2v) is 7.82. The minimum Gasteiger partial charge on any atom is -0.369 e. The first-order chi connectivity index (χ1) is 14.7. The number of carbonyl (C=O) groups is 1. The number of hydrogen-bond acceptors (Lipinski definition) is 4. The SMILES string of the molecule is O=C(NCC(c1cccnc1)N1CCN(c2ccccc2)CC1)c1cccc(Cl)c1. The fourth-order valence-corrected chi connectivity index (χ4v) is 4.07. The molecule has 1 N–H and O–H groups in total. The largest absolute Gasteiger partial charge is 0.369 e. The van der Waals surface area contributed by atoms with Crippen molar-refractivity contribution < 1.29 is 4.79 Å². The molecule has 6 heteroatoms. The van der Waals surface area contributed by atoms with E-state index in [0.717, 1.165) is 31.7 Å². The number of para-hydroxylation sites is 1. The molecule has 0 saturated carbocycles. The minimum atomic E-state index is -0.116. The zero-order chi connectivity index (χ0) is 20.8. The molecule has 30 heavy (non-hydrogen) atoms. The number of halogens is 1. The maximum Gasteiger partial charge on any atom is 0.251 e. The molecule has 1 amide bonds. The summed E-state index contributed by atoms with van der Waals surface area (Å²) < 4.78 is 0. The molecule has 2 aromatic carbocycles. The van der Waals surface area contributed by atoms with Crippen LogP contribution in [0, 0.1) is 0 Å². The lowest BCUT2D eigenvalue weighted by Crippen LogP contribution is -2.50. The molecule has 1 saturated heterocycles. The van der Waals surface area contributed by atoms with Crippen LogP contribution in [0.25, 0.3) is 0 Å². The topological polar surface area (TPSA) is 48.5 Å². The first-order valence-corrected chi connectivity index (χ1v) is 10.6. The van der Waals surface area contributed by atoms with Crippen molar-refractivity contribution in [2.45, 2.75) is 6.04 Å². The Morgan fingerprint density at radius 3 is 2.50 bits per heavy atom. The lowest BCUT2D eigenvalue weighted by molar-refractivity contribution is 0.0930. The van der Waals surface area contributed by atoms with Gasteiger partial charge in [-0.1, -0.05) is 41.9 Å². The maximum absolute atomic E-state index is 12.6. The Bertz CT molecular complexity index is 959. The monoisotopic (exact) mass is 420 g/mol. The highest BCUT2D eigenvalue weighted by atomic mass is 35.5. The number of amides is 1. The van der Waals surface area contributed by atoms with Crippen molar-refractivity contribution in [1.29, 1.82) is 0 Å². The molecule has 1 aromatic heterocycles. The van der Waals surface area contributed by atoms with Gasteiger partial charge in [0, 0.05) is 61.4 Å². The predicted octanol–water partition coefficient (Wildman–Crippen LogP) is 4.03. The van der Waals surface area contributed by atoms with E-state index in [1.54, 1.807) is 30.5 Å². The fraction of sp³-hybridized carbons (Fsp3) is 0.250. The fourth-order valence-electron chi connectivity index (χ4n) is 3.88. The van der Waals surface area contributed by atoms with Crippen molar-refractivity contribution in [1.82, 2.24) is 15.2 Å². The molecule has 0 spiro atoms. The molecule has 0 radical (unpaired) electrons. The van der Waals surface area contributed by atoms with Crippen LogP contribution in [0.5, 0.6) is 0 Å². The summed E-state index contributed by atoms with van der Waals surface area (Å²) in [5, 5.41) is 3.64. The molecule has 5 nitrogen and oxygen atoms in total. The molecule has 4 rings (SSSR count). The Morgan fingerprint density at radius 2 is 1.80 bits per heavy atom. The predicted molar refractivity (Wildman–Crippen MR) is 121 cm³/mol. The molecule has 154 valence electrons. The van der Waals surface area contributed by atoms with Gasteiger partial charge in [-0.05, 0) is 42.0 Å². The summed E-state index contributed by atoms with van der Waals surface area (Å²) in [5.74, 6) is -0.116. The van der Waals surface area contributed by atoms with Gasteiger partial charge < -0.3 is 10.2 Å². The lowest BCUT2D eigenvalue weighted by atomic mass is 10.1. The minimum absolute atomic E-state index is 0.0692. The van der Waals surface area contributed by atoms with E-state index in [1.807, 2.05) is 18.3 Å². The van der Waals surface area contributed by atoms with E-state index in [9.17, 15) is 4.79 Å². The van der Waals surface area contributed by atoms with Gasteiger partial charge in [0.2, 0.25) is 0 Å². The number of pyridine rings is 1. The van der Waals surface area contributed by atoms with Crippen LogP contribution in [-0.2, 0) is 0 Å². The Kier molecular flexibility index (Phi) is 6.62. The molecular formula is C24H25ClN4O. The van der Waals surface area contributed by atoms with Crippen LogP contribution in [0.3, 0.4) is 0 Å². The molecule has 1 fully saturated rings. The zero-order valence-corrected chi connectivity index (χ0v) is 17.5. The second kappa shape index (κ2) is 9.74. The first kappa shape index (κ1) is 20.4. The van der Waals surface area contributed by atoms with Gasteiger partial charge in [-0.3, -0.25) is 14.7 Å². The highest BCUT2D eigenvalue weighted by Gasteiger charge is 2.26. The third kappa shape index (κ3) is 4.99. The summed E-state index contributed by atoms with van der Waals surface area (Å²) in [4.78, 5) is 21.8. The average Bonchev–Trinajstić information content (AvgIpc) is 2.81.